The second-order valence-corrected chi connectivity index (χ2v) is 5.56. The van der Waals surface area contributed by atoms with Gasteiger partial charge in [-0.2, -0.15) is 5.10 Å². The first-order valence-corrected chi connectivity index (χ1v) is 7.48. The monoisotopic (exact) mass is 326 g/mol. The van der Waals surface area contributed by atoms with Crippen LogP contribution in [0.2, 0.25) is 5.02 Å². The van der Waals surface area contributed by atoms with E-state index in [9.17, 15) is 4.79 Å². The molecule has 0 saturated heterocycles. The van der Waals surface area contributed by atoms with Gasteiger partial charge in [0.25, 0.3) is 5.91 Å². The zero-order valence-electron chi connectivity index (χ0n) is 12.7. The van der Waals surface area contributed by atoms with E-state index < -0.39 is 0 Å². The molecular weight excluding hydrogens is 312 g/mol. The Bertz CT molecular complexity index is 897. The fraction of sp³-hybridized carbons (Fsp3) is 0.118. The molecule has 23 heavy (non-hydrogen) atoms. The zero-order valence-corrected chi connectivity index (χ0v) is 13.5. The van der Waals surface area contributed by atoms with Crippen molar-refractivity contribution in [2.24, 2.45) is 5.10 Å². The number of hydrazone groups is 1. The number of hydrogen-bond acceptors (Lipinski definition) is 3. The molecule has 1 amide bonds. The summed E-state index contributed by atoms with van der Waals surface area (Å²) in [5, 5.41) is 4.82. The van der Waals surface area contributed by atoms with Gasteiger partial charge in [0.15, 0.2) is 0 Å². The molecule has 3 rings (SSSR count). The highest BCUT2D eigenvalue weighted by Gasteiger charge is 2.15. The van der Waals surface area contributed by atoms with Crippen molar-refractivity contribution in [1.29, 1.82) is 0 Å². The van der Waals surface area contributed by atoms with Crippen molar-refractivity contribution in [2.75, 3.05) is 0 Å². The maximum absolute atomic E-state index is 12.4. The molecule has 6 heteroatoms. The lowest BCUT2D eigenvalue weighted by atomic mass is 10.1. The number of amides is 1. The Morgan fingerprint density at radius 1 is 1.22 bits per heavy atom. The van der Waals surface area contributed by atoms with Crippen LogP contribution in [0, 0.1) is 6.92 Å². The Morgan fingerprint density at radius 3 is 2.70 bits per heavy atom. The first-order chi connectivity index (χ1) is 11.1. The number of carbonyl (C=O) groups is 1. The highest BCUT2D eigenvalue weighted by molar-refractivity contribution is 6.30. The second-order valence-electron chi connectivity index (χ2n) is 5.12. The van der Waals surface area contributed by atoms with E-state index >= 15 is 0 Å². The third-order valence-electron chi connectivity index (χ3n) is 3.51. The number of aryl methyl sites for hydroxylation is 1. The van der Waals surface area contributed by atoms with Crippen LogP contribution >= 0.6 is 11.6 Å². The Balaban J connectivity index is 1.85. The molecule has 1 aromatic carbocycles. The smallest absolute Gasteiger partial charge is 0.290 e. The van der Waals surface area contributed by atoms with E-state index in [1.165, 1.54) is 0 Å². The molecule has 0 bridgehead atoms. The van der Waals surface area contributed by atoms with Crippen molar-refractivity contribution in [2.45, 2.75) is 13.8 Å². The van der Waals surface area contributed by atoms with E-state index in [-0.39, 0.29) is 5.91 Å². The number of carbonyl (C=O) groups excluding carboxylic acids is 1. The number of hydrogen-bond donors (Lipinski definition) is 1. The zero-order chi connectivity index (χ0) is 16.4. The van der Waals surface area contributed by atoms with E-state index in [0.717, 1.165) is 11.2 Å². The quantitative estimate of drug-likeness (QED) is 0.592. The lowest BCUT2D eigenvalue weighted by molar-refractivity contribution is 0.0948. The minimum absolute atomic E-state index is 0.297. The number of imidazole rings is 1. The predicted molar refractivity (Wildman–Crippen MR) is 91.1 cm³/mol. The third-order valence-corrected chi connectivity index (χ3v) is 3.76. The van der Waals surface area contributed by atoms with Gasteiger partial charge in [-0.15, -0.1) is 0 Å². The van der Waals surface area contributed by atoms with Crippen LogP contribution in [0.15, 0.2) is 53.8 Å². The summed E-state index contributed by atoms with van der Waals surface area (Å²) in [7, 11) is 0. The van der Waals surface area contributed by atoms with Crippen molar-refractivity contribution in [1.82, 2.24) is 14.8 Å². The van der Waals surface area contributed by atoms with Gasteiger partial charge in [0.1, 0.15) is 11.3 Å². The van der Waals surface area contributed by atoms with Crippen LogP contribution in [0.25, 0.3) is 5.65 Å². The van der Waals surface area contributed by atoms with E-state index in [1.807, 2.05) is 37.3 Å². The molecule has 0 saturated carbocycles. The van der Waals surface area contributed by atoms with Crippen molar-refractivity contribution in [3.05, 3.63) is 70.6 Å². The van der Waals surface area contributed by atoms with Crippen LogP contribution in [0.4, 0.5) is 0 Å². The normalized spacial score (nSPS) is 11.7. The van der Waals surface area contributed by atoms with Crippen LogP contribution in [-0.2, 0) is 0 Å². The molecule has 2 heterocycles. The molecule has 0 spiro atoms. The molecule has 3 aromatic rings. The Labute approximate surface area is 138 Å². The first kappa shape index (κ1) is 15.2. The maximum atomic E-state index is 12.4. The number of pyridine rings is 1. The molecule has 2 aromatic heterocycles. The maximum Gasteiger partial charge on any atom is 0.290 e. The van der Waals surface area contributed by atoms with Crippen LogP contribution < -0.4 is 5.43 Å². The third kappa shape index (κ3) is 3.10. The average molecular weight is 327 g/mol. The lowest BCUT2D eigenvalue weighted by Gasteiger charge is -2.04. The van der Waals surface area contributed by atoms with E-state index in [1.54, 1.807) is 29.7 Å². The summed E-state index contributed by atoms with van der Waals surface area (Å²) in [4.78, 5) is 16.8. The van der Waals surface area contributed by atoms with Crippen LogP contribution in [0.1, 0.15) is 28.7 Å². The molecule has 1 N–H and O–H groups in total. The summed E-state index contributed by atoms with van der Waals surface area (Å²) in [6.45, 7) is 3.63. The highest BCUT2D eigenvalue weighted by atomic mass is 35.5. The molecule has 0 aliphatic carbocycles. The number of fused-ring (bicyclic) bond motifs is 1. The highest BCUT2D eigenvalue weighted by Crippen LogP contribution is 2.12. The largest absolute Gasteiger partial charge is 0.295 e. The number of aromatic nitrogens is 2. The van der Waals surface area contributed by atoms with E-state index in [2.05, 4.69) is 15.5 Å². The first-order valence-electron chi connectivity index (χ1n) is 7.10. The SMILES string of the molecule is C/C(=N\NC(=O)c1c(C)nc2ccccn12)c1ccc(Cl)cc1. The molecule has 116 valence electrons. The molecule has 0 radical (unpaired) electrons. The topological polar surface area (TPSA) is 58.8 Å². The van der Waals surface area contributed by atoms with E-state index in [0.29, 0.717) is 22.1 Å². The second kappa shape index (κ2) is 6.22. The van der Waals surface area contributed by atoms with Crippen LogP contribution in [0.5, 0.6) is 0 Å². The summed E-state index contributed by atoms with van der Waals surface area (Å²) < 4.78 is 1.75. The van der Waals surface area contributed by atoms with Gasteiger partial charge in [0.2, 0.25) is 0 Å². The molecule has 5 nitrogen and oxygen atoms in total. The van der Waals surface area contributed by atoms with Gasteiger partial charge in [-0.25, -0.2) is 10.4 Å². The number of nitrogens with one attached hydrogen (secondary N) is 1. The van der Waals surface area contributed by atoms with Gasteiger partial charge < -0.3 is 0 Å². The molecule has 0 aliphatic rings. The summed E-state index contributed by atoms with van der Waals surface area (Å²) in [5.41, 5.74) is 6.05. The van der Waals surface area contributed by atoms with Gasteiger partial charge in [0.05, 0.1) is 11.4 Å². The van der Waals surface area contributed by atoms with Gasteiger partial charge in [-0.05, 0) is 43.7 Å². The molecule has 0 aliphatic heterocycles. The Hall–Kier alpha value is -2.66. The predicted octanol–water partition coefficient (Wildman–Crippen LogP) is 3.45. The fourth-order valence-electron chi connectivity index (χ4n) is 2.33. The fourth-order valence-corrected chi connectivity index (χ4v) is 2.46. The van der Waals surface area contributed by atoms with Crippen LogP contribution in [0.3, 0.4) is 0 Å². The van der Waals surface area contributed by atoms with Gasteiger partial charge in [0, 0.05) is 11.2 Å². The van der Waals surface area contributed by atoms with Gasteiger partial charge >= 0.3 is 0 Å². The number of nitrogens with zero attached hydrogens (tertiary/aromatic N) is 3. The summed E-state index contributed by atoms with van der Waals surface area (Å²) >= 11 is 5.87. The minimum atomic E-state index is -0.297. The van der Waals surface area contributed by atoms with Crippen molar-refractivity contribution < 1.29 is 4.79 Å². The van der Waals surface area contributed by atoms with Gasteiger partial charge in [-0.3, -0.25) is 9.20 Å². The van der Waals surface area contributed by atoms with Crippen LogP contribution in [-0.4, -0.2) is 21.0 Å². The average Bonchev–Trinajstić information content (AvgIpc) is 2.88. The Morgan fingerprint density at radius 2 is 1.96 bits per heavy atom. The number of rotatable bonds is 3. The molecular formula is C17H15ClN4O. The molecule has 0 unspecified atom stereocenters. The number of halogens is 1. The molecule has 0 fully saturated rings. The minimum Gasteiger partial charge on any atom is -0.295 e. The Kier molecular flexibility index (Phi) is 4.12. The van der Waals surface area contributed by atoms with Crippen molar-refractivity contribution >= 4 is 28.9 Å². The summed E-state index contributed by atoms with van der Waals surface area (Å²) in [6.07, 6.45) is 1.81. The lowest BCUT2D eigenvalue weighted by Crippen LogP contribution is -2.21. The van der Waals surface area contributed by atoms with Crippen molar-refractivity contribution in [3.8, 4) is 0 Å². The summed E-state index contributed by atoms with van der Waals surface area (Å²) in [6, 6.07) is 12.9. The standard InChI is InChI=1S/C17H15ClN4O/c1-11(13-6-8-14(18)9-7-13)20-21-17(23)16-12(2)19-15-5-3-4-10-22(15)16/h3-10H,1-2H3,(H,21,23)/b20-11+. The molecule has 0 atom stereocenters. The summed E-state index contributed by atoms with van der Waals surface area (Å²) in [5.74, 6) is -0.297. The van der Waals surface area contributed by atoms with Crippen molar-refractivity contribution in [3.63, 3.8) is 0 Å². The van der Waals surface area contributed by atoms with Gasteiger partial charge in [-0.1, -0.05) is 29.8 Å². The number of benzene rings is 1. The van der Waals surface area contributed by atoms with E-state index in [4.69, 9.17) is 11.6 Å².